The van der Waals surface area contributed by atoms with E-state index in [0.29, 0.717) is 11.6 Å². The Hall–Kier alpha value is -2.21. The molecule has 0 saturated carbocycles. The van der Waals surface area contributed by atoms with E-state index in [2.05, 4.69) is 15.6 Å². The quantitative estimate of drug-likeness (QED) is 0.632. The molecule has 0 unspecified atom stereocenters. The second kappa shape index (κ2) is 4.23. The van der Waals surface area contributed by atoms with Crippen LogP contribution in [0.3, 0.4) is 0 Å². The van der Waals surface area contributed by atoms with Gasteiger partial charge in [0, 0.05) is 36.4 Å². The average Bonchev–Trinajstić information content (AvgIpc) is 2.33. The second-order valence-electron chi connectivity index (χ2n) is 4.29. The molecule has 92 valence electrons. The van der Waals surface area contributed by atoms with Gasteiger partial charge in [0.25, 0.3) is 5.69 Å². The van der Waals surface area contributed by atoms with E-state index in [-0.39, 0.29) is 5.69 Å². The van der Waals surface area contributed by atoms with Gasteiger partial charge in [-0.15, -0.1) is 0 Å². The van der Waals surface area contributed by atoms with Crippen molar-refractivity contribution in [2.24, 2.45) is 0 Å². The summed E-state index contributed by atoms with van der Waals surface area (Å²) >= 11 is 0. The van der Waals surface area contributed by atoms with E-state index < -0.39 is 4.92 Å². The molecule has 0 amide bonds. The summed E-state index contributed by atoms with van der Waals surface area (Å²) in [5.74, 6) is 0. The van der Waals surface area contributed by atoms with Crippen LogP contribution < -0.4 is 10.6 Å². The van der Waals surface area contributed by atoms with E-state index in [9.17, 15) is 10.1 Å². The Balaban J connectivity index is 2.10. The number of pyridine rings is 1. The number of benzene rings is 1. The SMILES string of the molecule is O=[N+]([O-])c1ccc(NC2CNC2)c2cccnc12. The van der Waals surface area contributed by atoms with Crippen molar-refractivity contribution in [2.75, 3.05) is 18.4 Å². The van der Waals surface area contributed by atoms with Gasteiger partial charge in [0.05, 0.1) is 11.0 Å². The van der Waals surface area contributed by atoms with Crippen LogP contribution in [-0.2, 0) is 0 Å². The third kappa shape index (κ3) is 1.76. The molecule has 3 rings (SSSR count). The first kappa shape index (κ1) is 10.9. The number of nitro groups is 1. The molecule has 1 aromatic heterocycles. The normalized spacial score (nSPS) is 15.3. The molecular weight excluding hydrogens is 232 g/mol. The molecule has 1 aromatic carbocycles. The van der Waals surface area contributed by atoms with Gasteiger partial charge in [0.15, 0.2) is 0 Å². The van der Waals surface area contributed by atoms with Crippen LogP contribution in [0.4, 0.5) is 11.4 Å². The predicted octanol–water partition coefficient (Wildman–Crippen LogP) is 1.53. The van der Waals surface area contributed by atoms with Crippen LogP contribution in [0.2, 0.25) is 0 Å². The van der Waals surface area contributed by atoms with Gasteiger partial charge in [-0.3, -0.25) is 10.1 Å². The highest BCUT2D eigenvalue weighted by molar-refractivity contribution is 5.97. The van der Waals surface area contributed by atoms with Gasteiger partial charge in [-0.05, 0) is 18.2 Å². The molecule has 0 aliphatic carbocycles. The molecule has 1 saturated heterocycles. The van der Waals surface area contributed by atoms with E-state index in [0.717, 1.165) is 24.2 Å². The summed E-state index contributed by atoms with van der Waals surface area (Å²) in [5.41, 5.74) is 1.37. The highest BCUT2D eigenvalue weighted by Gasteiger charge is 2.20. The Labute approximate surface area is 103 Å². The number of non-ortho nitro benzene ring substituents is 1. The van der Waals surface area contributed by atoms with Gasteiger partial charge in [-0.1, -0.05) is 0 Å². The summed E-state index contributed by atoms with van der Waals surface area (Å²) < 4.78 is 0. The number of fused-ring (bicyclic) bond motifs is 1. The summed E-state index contributed by atoms with van der Waals surface area (Å²) in [6.07, 6.45) is 1.57. The fraction of sp³-hybridized carbons (Fsp3) is 0.250. The monoisotopic (exact) mass is 244 g/mol. The number of nitrogens with one attached hydrogen (secondary N) is 2. The summed E-state index contributed by atoms with van der Waals surface area (Å²) in [7, 11) is 0. The maximum atomic E-state index is 11.0. The Morgan fingerprint density at radius 2 is 2.22 bits per heavy atom. The van der Waals surface area contributed by atoms with E-state index >= 15 is 0 Å². The molecule has 1 aliphatic heterocycles. The Kier molecular flexibility index (Phi) is 2.56. The van der Waals surface area contributed by atoms with E-state index in [1.54, 1.807) is 18.3 Å². The highest BCUT2D eigenvalue weighted by atomic mass is 16.6. The van der Waals surface area contributed by atoms with Crippen LogP contribution in [0.1, 0.15) is 0 Å². The molecular formula is C12H12N4O2. The van der Waals surface area contributed by atoms with Gasteiger partial charge in [-0.2, -0.15) is 0 Å². The fourth-order valence-electron chi connectivity index (χ4n) is 2.04. The van der Waals surface area contributed by atoms with Crippen molar-refractivity contribution in [2.45, 2.75) is 6.04 Å². The molecule has 6 nitrogen and oxygen atoms in total. The Morgan fingerprint density at radius 1 is 1.39 bits per heavy atom. The third-order valence-electron chi connectivity index (χ3n) is 3.09. The average molecular weight is 244 g/mol. The number of hydrogen-bond donors (Lipinski definition) is 2. The summed E-state index contributed by atoms with van der Waals surface area (Å²) in [6, 6.07) is 7.28. The highest BCUT2D eigenvalue weighted by Crippen LogP contribution is 2.30. The van der Waals surface area contributed by atoms with Crippen molar-refractivity contribution in [1.82, 2.24) is 10.3 Å². The number of hydrogen-bond acceptors (Lipinski definition) is 5. The maximum absolute atomic E-state index is 11.0. The zero-order valence-electron chi connectivity index (χ0n) is 9.59. The van der Waals surface area contributed by atoms with Gasteiger partial charge >= 0.3 is 0 Å². The number of nitro benzene ring substituents is 1. The standard InChI is InChI=1S/C12H12N4O2/c17-16(18)11-4-3-10(15-8-6-13-7-8)9-2-1-5-14-12(9)11/h1-5,8,13,15H,6-7H2. The minimum Gasteiger partial charge on any atom is -0.379 e. The van der Waals surface area contributed by atoms with Crippen molar-refractivity contribution >= 4 is 22.3 Å². The van der Waals surface area contributed by atoms with Crippen LogP contribution in [0.15, 0.2) is 30.5 Å². The largest absolute Gasteiger partial charge is 0.379 e. The number of anilines is 1. The van der Waals surface area contributed by atoms with Crippen molar-refractivity contribution in [3.05, 3.63) is 40.6 Å². The van der Waals surface area contributed by atoms with Crippen molar-refractivity contribution in [3.8, 4) is 0 Å². The number of rotatable bonds is 3. The zero-order chi connectivity index (χ0) is 12.5. The van der Waals surface area contributed by atoms with E-state index in [4.69, 9.17) is 0 Å². The maximum Gasteiger partial charge on any atom is 0.295 e. The minimum absolute atomic E-state index is 0.0443. The Bertz CT molecular complexity index is 610. The van der Waals surface area contributed by atoms with Crippen molar-refractivity contribution < 1.29 is 4.92 Å². The molecule has 2 heterocycles. The molecule has 1 aliphatic rings. The van der Waals surface area contributed by atoms with Crippen molar-refractivity contribution in [3.63, 3.8) is 0 Å². The molecule has 2 aromatic rings. The number of aromatic nitrogens is 1. The summed E-state index contributed by atoms with van der Waals surface area (Å²) in [5, 5.41) is 18.3. The van der Waals surface area contributed by atoms with Gasteiger partial charge in [0.2, 0.25) is 0 Å². The number of nitrogens with zero attached hydrogens (tertiary/aromatic N) is 2. The lowest BCUT2D eigenvalue weighted by atomic mass is 10.1. The Morgan fingerprint density at radius 3 is 2.89 bits per heavy atom. The van der Waals surface area contributed by atoms with Crippen molar-refractivity contribution in [1.29, 1.82) is 0 Å². The van der Waals surface area contributed by atoms with Gasteiger partial charge in [-0.25, -0.2) is 4.98 Å². The zero-order valence-corrected chi connectivity index (χ0v) is 9.59. The fourth-order valence-corrected chi connectivity index (χ4v) is 2.04. The lowest BCUT2D eigenvalue weighted by Crippen LogP contribution is -2.51. The predicted molar refractivity (Wildman–Crippen MR) is 68.7 cm³/mol. The first-order chi connectivity index (χ1) is 8.75. The third-order valence-corrected chi connectivity index (χ3v) is 3.09. The molecule has 0 atom stereocenters. The summed E-state index contributed by atoms with van der Waals surface area (Å²) in [6.45, 7) is 1.83. The molecule has 6 heteroatoms. The summed E-state index contributed by atoms with van der Waals surface area (Å²) in [4.78, 5) is 14.7. The lowest BCUT2D eigenvalue weighted by molar-refractivity contribution is -0.383. The molecule has 0 spiro atoms. The molecule has 2 N–H and O–H groups in total. The second-order valence-corrected chi connectivity index (χ2v) is 4.29. The van der Waals surface area contributed by atoms with Crippen LogP contribution >= 0.6 is 0 Å². The van der Waals surface area contributed by atoms with Crippen LogP contribution in [-0.4, -0.2) is 29.0 Å². The van der Waals surface area contributed by atoms with Gasteiger partial charge < -0.3 is 10.6 Å². The van der Waals surface area contributed by atoms with Gasteiger partial charge in [0.1, 0.15) is 5.52 Å². The van der Waals surface area contributed by atoms with E-state index in [1.165, 1.54) is 6.07 Å². The first-order valence-corrected chi connectivity index (χ1v) is 5.75. The lowest BCUT2D eigenvalue weighted by Gasteiger charge is -2.29. The van der Waals surface area contributed by atoms with E-state index in [1.807, 2.05) is 6.07 Å². The van der Waals surface area contributed by atoms with Crippen LogP contribution in [0, 0.1) is 10.1 Å². The van der Waals surface area contributed by atoms with Crippen LogP contribution in [0.5, 0.6) is 0 Å². The first-order valence-electron chi connectivity index (χ1n) is 5.75. The minimum atomic E-state index is -0.399. The molecule has 1 fully saturated rings. The molecule has 0 radical (unpaired) electrons. The molecule has 18 heavy (non-hydrogen) atoms. The topological polar surface area (TPSA) is 80.1 Å². The smallest absolute Gasteiger partial charge is 0.295 e. The molecule has 0 bridgehead atoms. The van der Waals surface area contributed by atoms with Crippen LogP contribution in [0.25, 0.3) is 10.9 Å².